The molecule has 3 heteroatoms. The van der Waals surface area contributed by atoms with E-state index in [1.807, 2.05) is 33.8 Å². The summed E-state index contributed by atoms with van der Waals surface area (Å²) in [6, 6.07) is 8.36. The molecule has 23 heavy (non-hydrogen) atoms. The summed E-state index contributed by atoms with van der Waals surface area (Å²) >= 11 is 0. The Morgan fingerprint density at radius 3 is 2.00 bits per heavy atom. The lowest BCUT2D eigenvalue weighted by molar-refractivity contribution is -0.124. The maximum atomic E-state index is 11.6. The van der Waals surface area contributed by atoms with Crippen LogP contribution in [0.4, 0.5) is 0 Å². The minimum atomic E-state index is 0.106. The van der Waals surface area contributed by atoms with E-state index in [0.717, 1.165) is 19.3 Å². The molecule has 0 radical (unpaired) electrons. The smallest absolute Gasteiger partial charge is 0.223 e. The number of carbonyl (C=O) groups excluding carboxylic acids is 2. The van der Waals surface area contributed by atoms with Crippen molar-refractivity contribution in [3.05, 3.63) is 35.4 Å². The molecule has 0 saturated heterocycles. The summed E-state index contributed by atoms with van der Waals surface area (Å²) in [6.45, 7) is 12.4. The van der Waals surface area contributed by atoms with Crippen molar-refractivity contribution in [1.29, 1.82) is 0 Å². The predicted molar refractivity (Wildman–Crippen MR) is 97.3 cm³/mol. The molecule has 1 aromatic carbocycles. The van der Waals surface area contributed by atoms with Crippen LogP contribution in [-0.4, -0.2) is 11.7 Å². The highest BCUT2D eigenvalue weighted by Gasteiger charge is 2.09. The average molecular weight is 319 g/mol. The molecule has 0 heterocycles. The van der Waals surface area contributed by atoms with E-state index in [2.05, 4.69) is 30.4 Å². The van der Waals surface area contributed by atoms with Crippen molar-refractivity contribution >= 4 is 11.7 Å². The Balaban J connectivity index is 0.000000585. The molecule has 2 atom stereocenters. The number of nitrogens with one attached hydrogen (secondary N) is 1. The van der Waals surface area contributed by atoms with Gasteiger partial charge in [0.25, 0.3) is 0 Å². The minimum absolute atomic E-state index is 0.106. The third-order valence-electron chi connectivity index (χ3n) is 4.23. The van der Waals surface area contributed by atoms with Gasteiger partial charge in [0.05, 0.1) is 0 Å². The standard InChI is InChI=1S/C14H21NO.C6H12O/c1-4-11(3)14(16)15-10-13-8-6-7-12(5-2)9-13;1-4-5(2)6(3)7/h6-9,11H,4-5,10H2,1-3H3,(H,15,16);5H,4H2,1-3H3. The Morgan fingerprint density at radius 1 is 1.00 bits per heavy atom. The first-order valence-corrected chi connectivity index (χ1v) is 8.71. The van der Waals surface area contributed by atoms with Gasteiger partial charge < -0.3 is 5.32 Å². The van der Waals surface area contributed by atoms with Crippen LogP contribution in [0.2, 0.25) is 0 Å². The molecular formula is C20H33NO2. The van der Waals surface area contributed by atoms with Crippen LogP contribution >= 0.6 is 0 Å². The van der Waals surface area contributed by atoms with Crippen molar-refractivity contribution in [2.24, 2.45) is 11.8 Å². The largest absolute Gasteiger partial charge is 0.352 e. The van der Waals surface area contributed by atoms with Gasteiger partial charge in [0.2, 0.25) is 5.91 Å². The van der Waals surface area contributed by atoms with Crippen LogP contribution in [-0.2, 0) is 22.6 Å². The molecule has 130 valence electrons. The lowest BCUT2D eigenvalue weighted by atomic mass is 10.1. The maximum Gasteiger partial charge on any atom is 0.223 e. The number of hydrogen-bond donors (Lipinski definition) is 1. The van der Waals surface area contributed by atoms with Crippen LogP contribution in [0.5, 0.6) is 0 Å². The van der Waals surface area contributed by atoms with Gasteiger partial charge in [-0.05, 0) is 37.3 Å². The highest BCUT2D eigenvalue weighted by atomic mass is 16.1. The van der Waals surface area contributed by atoms with Gasteiger partial charge >= 0.3 is 0 Å². The van der Waals surface area contributed by atoms with E-state index in [9.17, 15) is 9.59 Å². The summed E-state index contributed by atoms with van der Waals surface area (Å²) in [6.07, 6.45) is 2.89. The van der Waals surface area contributed by atoms with E-state index in [4.69, 9.17) is 0 Å². The van der Waals surface area contributed by atoms with Crippen molar-refractivity contribution in [2.45, 2.75) is 67.3 Å². The SMILES string of the molecule is CCC(C)C(C)=O.CCc1cccc(CNC(=O)C(C)CC)c1. The minimum Gasteiger partial charge on any atom is -0.352 e. The van der Waals surface area contributed by atoms with Crippen molar-refractivity contribution in [1.82, 2.24) is 5.32 Å². The third-order valence-corrected chi connectivity index (χ3v) is 4.23. The number of benzene rings is 1. The molecule has 1 N–H and O–H groups in total. The van der Waals surface area contributed by atoms with Gasteiger partial charge in [-0.25, -0.2) is 0 Å². The van der Waals surface area contributed by atoms with Crippen LogP contribution in [0.3, 0.4) is 0 Å². The number of hydrogen-bond acceptors (Lipinski definition) is 2. The summed E-state index contributed by atoms with van der Waals surface area (Å²) < 4.78 is 0. The first kappa shape index (κ1) is 21.4. The zero-order chi connectivity index (χ0) is 17.8. The fourth-order valence-electron chi connectivity index (χ4n) is 1.80. The Kier molecular flexibility index (Phi) is 11.0. The second kappa shape index (κ2) is 11.9. The van der Waals surface area contributed by atoms with Gasteiger partial charge in [-0.15, -0.1) is 0 Å². The molecule has 3 nitrogen and oxygen atoms in total. The number of carbonyl (C=O) groups is 2. The van der Waals surface area contributed by atoms with E-state index in [1.165, 1.54) is 11.1 Å². The number of amides is 1. The molecular weight excluding hydrogens is 286 g/mol. The summed E-state index contributed by atoms with van der Waals surface area (Å²) in [5.74, 6) is 0.807. The predicted octanol–water partition coefficient (Wildman–Crippen LogP) is 4.53. The molecule has 1 rings (SSSR count). The lowest BCUT2D eigenvalue weighted by Gasteiger charge is -2.10. The molecule has 0 bridgehead atoms. The lowest BCUT2D eigenvalue weighted by Crippen LogP contribution is -2.28. The molecule has 1 amide bonds. The van der Waals surface area contributed by atoms with Gasteiger partial charge in [-0.3, -0.25) is 9.59 Å². The molecule has 0 saturated carbocycles. The van der Waals surface area contributed by atoms with Crippen LogP contribution in [0, 0.1) is 11.8 Å². The Morgan fingerprint density at radius 2 is 1.57 bits per heavy atom. The van der Waals surface area contributed by atoms with E-state index >= 15 is 0 Å². The van der Waals surface area contributed by atoms with E-state index in [-0.39, 0.29) is 17.7 Å². The van der Waals surface area contributed by atoms with Gasteiger partial charge in [0.15, 0.2) is 0 Å². The summed E-state index contributed by atoms with van der Waals surface area (Å²) in [7, 11) is 0. The van der Waals surface area contributed by atoms with E-state index < -0.39 is 0 Å². The van der Waals surface area contributed by atoms with E-state index in [0.29, 0.717) is 12.3 Å². The first-order valence-electron chi connectivity index (χ1n) is 8.71. The molecule has 1 aromatic rings. The van der Waals surface area contributed by atoms with Crippen LogP contribution in [0.15, 0.2) is 24.3 Å². The Hall–Kier alpha value is -1.64. The molecule has 0 spiro atoms. The van der Waals surface area contributed by atoms with Crippen LogP contribution in [0.1, 0.15) is 65.5 Å². The normalized spacial score (nSPS) is 12.6. The van der Waals surface area contributed by atoms with Crippen molar-refractivity contribution < 1.29 is 9.59 Å². The molecule has 0 aliphatic heterocycles. The zero-order valence-electron chi connectivity index (χ0n) is 15.6. The quantitative estimate of drug-likeness (QED) is 0.802. The Bertz CT molecular complexity index is 482. The molecule has 0 fully saturated rings. The first-order chi connectivity index (χ1) is 10.8. The van der Waals surface area contributed by atoms with Crippen molar-refractivity contribution in [3.63, 3.8) is 0 Å². The average Bonchev–Trinajstić information content (AvgIpc) is 2.58. The molecule has 0 aliphatic carbocycles. The molecule has 0 aromatic heterocycles. The van der Waals surface area contributed by atoms with Gasteiger partial charge in [0, 0.05) is 18.4 Å². The van der Waals surface area contributed by atoms with E-state index in [1.54, 1.807) is 6.92 Å². The summed E-state index contributed by atoms with van der Waals surface area (Å²) in [5, 5.41) is 2.96. The number of rotatable bonds is 7. The second-order valence-corrected chi connectivity index (χ2v) is 6.12. The highest BCUT2D eigenvalue weighted by molar-refractivity contribution is 5.78. The molecule has 0 aliphatic rings. The fraction of sp³-hybridized carbons (Fsp3) is 0.600. The maximum absolute atomic E-state index is 11.6. The second-order valence-electron chi connectivity index (χ2n) is 6.12. The third kappa shape index (κ3) is 9.17. The van der Waals surface area contributed by atoms with Gasteiger partial charge in [0.1, 0.15) is 5.78 Å². The topological polar surface area (TPSA) is 46.2 Å². The summed E-state index contributed by atoms with van der Waals surface area (Å²) in [5.41, 5.74) is 2.49. The summed E-state index contributed by atoms with van der Waals surface area (Å²) in [4.78, 5) is 22.0. The fourth-order valence-corrected chi connectivity index (χ4v) is 1.80. The van der Waals surface area contributed by atoms with Crippen LogP contribution < -0.4 is 5.32 Å². The highest BCUT2D eigenvalue weighted by Crippen LogP contribution is 2.06. The number of Topliss-reactive ketones (excluding diaryl/α,β-unsaturated/α-hetero) is 1. The number of ketones is 1. The molecule has 2 unspecified atom stereocenters. The van der Waals surface area contributed by atoms with Crippen molar-refractivity contribution in [2.75, 3.05) is 0 Å². The zero-order valence-corrected chi connectivity index (χ0v) is 15.6. The monoisotopic (exact) mass is 319 g/mol. The van der Waals surface area contributed by atoms with Crippen LogP contribution in [0.25, 0.3) is 0 Å². The van der Waals surface area contributed by atoms with Gasteiger partial charge in [-0.1, -0.05) is 58.9 Å². The number of aryl methyl sites for hydroxylation is 1. The Labute approximate surface area is 141 Å². The van der Waals surface area contributed by atoms with Gasteiger partial charge in [-0.2, -0.15) is 0 Å². The van der Waals surface area contributed by atoms with Crippen molar-refractivity contribution in [3.8, 4) is 0 Å².